The van der Waals surface area contributed by atoms with Crippen LogP contribution in [-0.2, 0) is 14.4 Å². The number of hydrogen-bond donors (Lipinski definition) is 1. The van der Waals surface area contributed by atoms with Gasteiger partial charge in [-0.15, -0.1) is 0 Å². The van der Waals surface area contributed by atoms with E-state index in [9.17, 15) is 19.5 Å². The molecule has 1 saturated heterocycles. The number of ether oxygens (including phenoxy) is 1. The molecule has 1 fully saturated rings. The predicted molar refractivity (Wildman–Crippen MR) is 90.9 cm³/mol. The standard InChI is InChI=1S/C19H15NO5/c1-12(21)25-17-7-5-15(6-8-17)20-18(23)11-14(19(20)24)9-13-3-2-4-16(22)10-13/h2-10,22H,11H2,1H3/b14-9+. The molecule has 0 aliphatic carbocycles. The number of hydrogen-bond acceptors (Lipinski definition) is 5. The van der Waals surface area contributed by atoms with E-state index in [1.807, 2.05) is 0 Å². The number of amides is 2. The summed E-state index contributed by atoms with van der Waals surface area (Å²) in [6, 6.07) is 12.6. The van der Waals surface area contributed by atoms with Crippen molar-refractivity contribution in [2.24, 2.45) is 0 Å². The molecule has 0 saturated carbocycles. The lowest BCUT2D eigenvalue weighted by Gasteiger charge is -2.13. The SMILES string of the molecule is CC(=O)Oc1ccc(N2C(=O)C/C(=C\c3cccc(O)c3)C2=O)cc1. The van der Waals surface area contributed by atoms with Crippen LogP contribution in [0.3, 0.4) is 0 Å². The number of phenolic OH excluding ortho intramolecular Hbond substituents is 1. The van der Waals surface area contributed by atoms with E-state index in [0.717, 1.165) is 4.90 Å². The van der Waals surface area contributed by atoms with Crippen LogP contribution in [0, 0.1) is 0 Å². The first-order chi connectivity index (χ1) is 11.9. The third kappa shape index (κ3) is 3.58. The molecular formula is C19H15NO5. The second kappa shape index (κ2) is 6.60. The molecule has 0 bridgehead atoms. The van der Waals surface area contributed by atoms with Gasteiger partial charge in [0.15, 0.2) is 0 Å². The van der Waals surface area contributed by atoms with E-state index in [4.69, 9.17) is 4.74 Å². The number of phenols is 1. The average Bonchev–Trinajstić information content (AvgIpc) is 2.82. The van der Waals surface area contributed by atoms with Gasteiger partial charge in [0.2, 0.25) is 5.91 Å². The number of imide groups is 1. The Labute approximate surface area is 143 Å². The molecular weight excluding hydrogens is 322 g/mol. The lowest BCUT2D eigenvalue weighted by atomic mass is 10.1. The van der Waals surface area contributed by atoms with E-state index in [0.29, 0.717) is 22.6 Å². The highest BCUT2D eigenvalue weighted by Crippen LogP contribution is 2.29. The molecule has 2 aromatic carbocycles. The van der Waals surface area contributed by atoms with Crippen LogP contribution >= 0.6 is 0 Å². The van der Waals surface area contributed by atoms with Crippen LogP contribution in [0.1, 0.15) is 18.9 Å². The molecule has 25 heavy (non-hydrogen) atoms. The predicted octanol–water partition coefficient (Wildman–Crippen LogP) is 2.66. The molecule has 2 amide bonds. The molecule has 0 unspecified atom stereocenters. The molecule has 1 aliphatic heterocycles. The Balaban J connectivity index is 1.85. The Morgan fingerprint density at radius 2 is 1.88 bits per heavy atom. The summed E-state index contributed by atoms with van der Waals surface area (Å²) in [6.45, 7) is 1.29. The van der Waals surface area contributed by atoms with E-state index >= 15 is 0 Å². The summed E-state index contributed by atoms with van der Waals surface area (Å²) in [5.74, 6) is -0.766. The number of esters is 1. The van der Waals surface area contributed by atoms with Crippen molar-refractivity contribution in [2.45, 2.75) is 13.3 Å². The van der Waals surface area contributed by atoms with E-state index in [1.165, 1.54) is 31.2 Å². The zero-order chi connectivity index (χ0) is 18.0. The van der Waals surface area contributed by atoms with Crippen LogP contribution in [0.25, 0.3) is 6.08 Å². The number of nitrogens with zero attached hydrogens (tertiary/aromatic N) is 1. The number of aromatic hydroxyl groups is 1. The summed E-state index contributed by atoms with van der Waals surface area (Å²) in [6.07, 6.45) is 1.58. The minimum absolute atomic E-state index is 0.0137. The normalized spacial score (nSPS) is 15.7. The van der Waals surface area contributed by atoms with Crippen molar-refractivity contribution in [3.63, 3.8) is 0 Å². The van der Waals surface area contributed by atoms with E-state index in [-0.39, 0.29) is 18.1 Å². The molecule has 1 heterocycles. The number of carbonyl (C=O) groups is 3. The van der Waals surface area contributed by atoms with E-state index in [1.54, 1.807) is 30.3 Å². The fourth-order valence-corrected chi connectivity index (χ4v) is 2.59. The third-order valence-corrected chi connectivity index (χ3v) is 3.64. The molecule has 1 N–H and O–H groups in total. The van der Waals surface area contributed by atoms with Gasteiger partial charge in [-0.1, -0.05) is 12.1 Å². The van der Waals surface area contributed by atoms with Crippen LogP contribution in [0.4, 0.5) is 5.69 Å². The second-order valence-corrected chi connectivity index (χ2v) is 5.56. The fraction of sp³-hybridized carbons (Fsp3) is 0.105. The first kappa shape index (κ1) is 16.4. The number of anilines is 1. The Morgan fingerprint density at radius 1 is 1.16 bits per heavy atom. The van der Waals surface area contributed by atoms with Gasteiger partial charge in [0, 0.05) is 12.5 Å². The summed E-state index contributed by atoms with van der Waals surface area (Å²) < 4.78 is 4.93. The average molecular weight is 337 g/mol. The van der Waals surface area contributed by atoms with E-state index in [2.05, 4.69) is 0 Å². The molecule has 0 spiro atoms. The summed E-state index contributed by atoms with van der Waals surface area (Å²) >= 11 is 0. The quantitative estimate of drug-likeness (QED) is 0.403. The first-order valence-corrected chi connectivity index (χ1v) is 7.59. The molecule has 2 aromatic rings. The van der Waals surface area contributed by atoms with Crippen LogP contribution in [-0.4, -0.2) is 22.9 Å². The lowest BCUT2D eigenvalue weighted by Crippen LogP contribution is -2.28. The van der Waals surface area contributed by atoms with Crippen molar-refractivity contribution in [1.29, 1.82) is 0 Å². The summed E-state index contributed by atoms with van der Waals surface area (Å²) in [4.78, 5) is 36.8. The highest BCUT2D eigenvalue weighted by Gasteiger charge is 2.34. The summed E-state index contributed by atoms with van der Waals surface area (Å²) in [5, 5.41) is 9.50. The van der Waals surface area contributed by atoms with Gasteiger partial charge >= 0.3 is 5.97 Å². The number of rotatable bonds is 3. The van der Waals surface area contributed by atoms with Crippen molar-refractivity contribution in [2.75, 3.05) is 4.90 Å². The Bertz CT molecular complexity index is 883. The number of benzene rings is 2. The maximum absolute atomic E-state index is 12.6. The van der Waals surface area contributed by atoms with Crippen molar-refractivity contribution < 1.29 is 24.2 Å². The van der Waals surface area contributed by atoms with Crippen molar-refractivity contribution in [1.82, 2.24) is 0 Å². The maximum atomic E-state index is 12.6. The number of carbonyl (C=O) groups excluding carboxylic acids is 3. The van der Waals surface area contributed by atoms with Gasteiger partial charge in [-0.05, 0) is 48.0 Å². The van der Waals surface area contributed by atoms with E-state index < -0.39 is 11.9 Å². The Hall–Kier alpha value is -3.41. The Kier molecular flexibility index (Phi) is 4.35. The van der Waals surface area contributed by atoms with Crippen molar-refractivity contribution in [3.8, 4) is 11.5 Å². The van der Waals surface area contributed by atoms with Gasteiger partial charge in [-0.25, -0.2) is 4.90 Å². The van der Waals surface area contributed by atoms with Crippen molar-refractivity contribution >= 4 is 29.5 Å². The molecule has 0 radical (unpaired) electrons. The molecule has 6 nitrogen and oxygen atoms in total. The molecule has 6 heteroatoms. The molecule has 126 valence electrons. The van der Waals surface area contributed by atoms with Crippen molar-refractivity contribution in [3.05, 3.63) is 59.7 Å². The Morgan fingerprint density at radius 3 is 2.52 bits per heavy atom. The van der Waals surface area contributed by atoms with Gasteiger partial charge in [0.05, 0.1) is 12.1 Å². The van der Waals surface area contributed by atoms with Gasteiger partial charge in [0.25, 0.3) is 5.91 Å². The fourth-order valence-electron chi connectivity index (χ4n) is 2.59. The van der Waals surface area contributed by atoms with Crippen LogP contribution in [0.2, 0.25) is 0 Å². The highest BCUT2D eigenvalue weighted by atomic mass is 16.5. The van der Waals surface area contributed by atoms with Crippen LogP contribution in [0.15, 0.2) is 54.1 Å². The largest absolute Gasteiger partial charge is 0.508 e. The molecule has 0 aromatic heterocycles. The maximum Gasteiger partial charge on any atom is 0.308 e. The van der Waals surface area contributed by atoms with Gasteiger partial charge < -0.3 is 9.84 Å². The summed E-state index contributed by atoms with van der Waals surface area (Å²) in [7, 11) is 0. The van der Waals surface area contributed by atoms with Crippen LogP contribution in [0.5, 0.6) is 11.5 Å². The van der Waals surface area contributed by atoms with Gasteiger partial charge in [0.1, 0.15) is 11.5 Å². The molecule has 3 rings (SSSR count). The highest BCUT2D eigenvalue weighted by molar-refractivity contribution is 6.29. The van der Waals surface area contributed by atoms with Gasteiger partial charge in [-0.3, -0.25) is 14.4 Å². The molecule has 0 atom stereocenters. The second-order valence-electron chi connectivity index (χ2n) is 5.56. The van der Waals surface area contributed by atoms with Gasteiger partial charge in [-0.2, -0.15) is 0 Å². The van der Waals surface area contributed by atoms with Crippen LogP contribution < -0.4 is 9.64 Å². The minimum Gasteiger partial charge on any atom is -0.508 e. The third-order valence-electron chi connectivity index (χ3n) is 3.64. The smallest absolute Gasteiger partial charge is 0.308 e. The zero-order valence-electron chi connectivity index (χ0n) is 13.4. The zero-order valence-corrected chi connectivity index (χ0v) is 13.4. The first-order valence-electron chi connectivity index (χ1n) is 7.59. The monoisotopic (exact) mass is 337 g/mol. The topological polar surface area (TPSA) is 83.9 Å². The minimum atomic E-state index is -0.447. The molecule has 1 aliphatic rings. The summed E-state index contributed by atoms with van der Waals surface area (Å²) in [5.41, 5.74) is 1.40. The lowest BCUT2D eigenvalue weighted by molar-refractivity contribution is -0.132.